The van der Waals surface area contributed by atoms with Crippen molar-refractivity contribution in [1.29, 1.82) is 0 Å². The molecule has 0 aliphatic rings. The summed E-state index contributed by atoms with van der Waals surface area (Å²) in [6.45, 7) is 0. The lowest BCUT2D eigenvalue weighted by Gasteiger charge is -2.07. The molecule has 5 nitrogen and oxygen atoms in total. The number of hydrogen-bond donors (Lipinski definition) is 4. The number of amides is 1. The van der Waals surface area contributed by atoms with Gasteiger partial charge in [0.15, 0.2) is 0 Å². The highest BCUT2D eigenvalue weighted by Gasteiger charge is 2.11. The van der Waals surface area contributed by atoms with E-state index < -0.39 is 5.91 Å². The summed E-state index contributed by atoms with van der Waals surface area (Å²) in [7, 11) is 0. The van der Waals surface area contributed by atoms with Crippen LogP contribution in [0.25, 0.3) is 0 Å². The number of nitrogen functional groups attached to an aromatic ring is 1. The van der Waals surface area contributed by atoms with Gasteiger partial charge in [-0.1, -0.05) is 6.07 Å². The van der Waals surface area contributed by atoms with Gasteiger partial charge in [-0.05, 0) is 24.3 Å². The number of carbonyl (C=O) groups excluding carboxylic acids is 1. The number of benzene rings is 2. The van der Waals surface area contributed by atoms with Crippen molar-refractivity contribution in [1.82, 2.24) is 0 Å². The van der Waals surface area contributed by atoms with E-state index in [2.05, 4.69) is 5.32 Å². The van der Waals surface area contributed by atoms with E-state index in [0.29, 0.717) is 11.4 Å². The first-order valence-corrected chi connectivity index (χ1v) is 5.25. The van der Waals surface area contributed by atoms with Gasteiger partial charge in [0.25, 0.3) is 5.91 Å². The maximum Gasteiger partial charge on any atom is 0.259 e. The Bertz CT molecular complexity index is 597. The Balaban J connectivity index is 2.22. The predicted octanol–water partition coefficient (Wildman–Crippen LogP) is 1.93. The minimum atomic E-state index is -0.474. The Hall–Kier alpha value is -2.69. The molecule has 0 bridgehead atoms. The third-order valence-corrected chi connectivity index (χ3v) is 2.37. The van der Waals surface area contributed by atoms with Crippen LogP contribution < -0.4 is 11.1 Å². The third-order valence-electron chi connectivity index (χ3n) is 2.37. The largest absolute Gasteiger partial charge is 0.508 e. The second-order valence-electron chi connectivity index (χ2n) is 3.78. The quantitative estimate of drug-likeness (QED) is 0.607. The number of carbonyl (C=O) groups is 1. The fraction of sp³-hybridized carbons (Fsp3) is 0. The first kappa shape index (κ1) is 11.8. The zero-order chi connectivity index (χ0) is 13.1. The Morgan fingerprint density at radius 3 is 2.56 bits per heavy atom. The number of aromatic hydroxyl groups is 2. The topological polar surface area (TPSA) is 95.6 Å². The molecule has 0 unspecified atom stereocenters. The second-order valence-corrected chi connectivity index (χ2v) is 3.78. The number of rotatable bonds is 2. The van der Waals surface area contributed by atoms with E-state index in [0.717, 1.165) is 0 Å². The van der Waals surface area contributed by atoms with Crippen molar-refractivity contribution in [3.8, 4) is 11.5 Å². The Labute approximate surface area is 103 Å². The van der Waals surface area contributed by atoms with E-state index in [-0.39, 0.29) is 17.1 Å². The highest BCUT2D eigenvalue weighted by molar-refractivity contribution is 6.06. The summed E-state index contributed by atoms with van der Waals surface area (Å²) < 4.78 is 0. The molecule has 0 fully saturated rings. The first-order chi connectivity index (χ1) is 8.56. The fourth-order valence-corrected chi connectivity index (χ4v) is 1.52. The van der Waals surface area contributed by atoms with Crippen molar-refractivity contribution >= 4 is 17.3 Å². The summed E-state index contributed by atoms with van der Waals surface area (Å²) >= 11 is 0. The van der Waals surface area contributed by atoms with Gasteiger partial charge in [0.1, 0.15) is 11.5 Å². The van der Waals surface area contributed by atoms with Crippen molar-refractivity contribution < 1.29 is 15.0 Å². The summed E-state index contributed by atoms with van der Waals surface area (Å²) in [4.78, 5) is 11.9. The maximum absolute atomic E-state index is 11.9. The van der Waals surface area contributed by atoms with Crippen molar-refractivity contribution in [2.75, 3.05) is 11.1 Å². The van der Waals surface area contributed by atoms with Crippen molar-refractivity contribution in [3.05, 3.63) is 48.0 Å². The summed E-state index contributed by atoms with van der Waals surface area (Å²) in [5, 5.41) is 21.4. The summed E-state index contributed by atoms with van der Waals surface area (Å²) in [6.07, 6.45) is 0. The summed E-state index contributed by atoms with van der Waals surface area (Å²) in [6, 6.07) is 10.4. The van der Waals surface area contributed by atoms with Gasteiger partial charge in [0.05, 0.1) is 5.56 Å². The van der Waals surface area contributed by atoms with Crippen LogP contribution in [0, 0.1) is 0 Å². The van der Waals surface area contributed by atoms with E-state index in [1.807, 2.05) is 0 Å². The molecule has 18 heavy (non-hydrogen) atoms. The van der Waals surface area contributed by atoms with Crippen LogP contribution in [0.3, 0.4) is 0 Å². The smallest absolute Gasteiger partial charge is 0.259 e. The minimum Gasteiger partial charge on any atom is -0.508 e. The first-order valence-electron chi connectivity index (χ1n) is 5.25. The lowest BCUT2D eigenvalue weighted by Crippen LogP contribution is -2.12. The van der Waals surface area contributed by atoms with E-state index in [1.165, 1.54) is 30.3 Å². The van der Waals surface area contributed by atoms with Gasteiger partial charge >= 0.3 is 0 Å². The van der Waals surface area contributed by atoms with Crippen molar-refractivity contribution in [2.45, 2.75) is 0 Å². The summed E-state index contributed by atoms with van der Waals surface area (Å²) in [5.74, 6) is -0.611. The molecule has 0 aromatic heterocycles. The van der Waals surface area contributed by atoms with E-state index in [9.17, 15) is 15.0 Å². The summed E-state index contributed by atoms with van der Waals surface area (Å²) in [5.41, 5.74) is 6.41. The number of nitrogens with one attached hydrogen (secondary N) is 1. The van der Waals surface area contributed by atoms with E-state index in [4.69, 9.17) is 5.73 Å². The number of anilines is 2. The van der Waals surface area contributed by atoms with Gasteiger partial charge in [-0.15, -0.1) is 0 Å². The molecule has 2 aromatic carbocycles. The van der Waals surface area contributed by atoms with Gasteiger partial charge in [-0.2, -0.15) is 0 Å². The van der Waals surface area contributed by atoms with Crippen molar-refractivity contribution in [3.63, 3.8) is 0 Å². The highest BCUT2D eigenvalue weighted by atomic mass is 16.3. The molecule has 0 aliphatic heterocycles. The van der Waals surface area contributed by atoms with Crippen molar-refractivity contribution in [2.24, 2.45) is 0 Å². The zero-order valence-corrected chi connectivity index (χ0v) is 9.42. The highest BCUT2D eigenvalue weighted by Crippen LogP contribution is 2.22. The molecule has 92 valence electrons. The zero-order valence-electron chi connectivity index (χ0n) is 9.42. The minimum absolute atomic E-state index is 0.0503. The molecule has 0 aliphatic carbocycles. The van der Waals surface area contributed by atoms with Gasteiger partial charge < -0.3 is 21.3 Å². The molecule has 2 rings (SSSR count). The molecule has 5 heteroatoms. The maximum atomic E-state index is 11.9. The predicted molar refractivity (Wildman–Crippen MR) is 68.6 cm³/mol. The molecular weight excluding hydrogens is 232 g/mol. The Kier molecular flexibility index (Phi) is 3.05. The molecule has 1 amide bonds. The van der Waals surface area contributed by atoms with Gasteiger partial charge in [0, 0.05) is 23.5 Å². The van der Waals surface area contributed by atoms with E-state index >= 15 is 0 Å². The van der Waals surface area contributed by atoms with Gasteiger partial charge in [-0.3, -0.25) is 4.79 Å². The number of hydrogen-bond acceptors (Lipinski definition) is 4. The second kappa shape index (κ2) is 4.67. The average molecular weight is 244 g/mol. The van der Waals surface area contributed by atoms with Crippen LogP contribution in [0.2, 0.25) is 0 Å². The molecule has 0 saturated carbocycles. The lowest BCUT2D eigenvalue weighted by atomic mass is 10.1. The number of nitrogens with two attached hydrogens (primary N) is 1. The van der Waals surface area contributed by atoms with Gasteiger partial charge in [-0.25, -0.2) is 0 Å². The van der Waals surface area contributed by atoms with Crippen LogP contribution in [0.1, 0.15) is 10.4 Å². The molecule has 0 saturated heterocycles. The van der Waals surface area contributed by atoms with Crippen LogP contribution in [0.5, 0.6) is 11.5 Å². The monoisotopic (exact) mass is 244 g/mol. The Morgan fingerprint density at radius 2 is 1.89 bits per heavy atom. The van der Waals surface area contributed by atoms with Crippen LogP contribution in [0.15, 0.2) is 42.5 Å². The standard InChI is InChI=1S/C13H12N2O3/c14-8-4-5-11(12(17)6-8)13(18)15-9-2-1-3-10(16)7-9/h1-7,16-17H,14H2,(H,15,18). The molecular formula is C13H12N2O3. The molecule has 5 N–H and O–H groups in total. The molecule has 0 radical (unpaired) electrons. The normalized spacial score (nSPS) is 10.0. The van der Waals surface area contributed by atoms with Crippen LogP contribution in [-0.2, 0) is 0 Å². The Morgan fingerprint density at radius 1 is 1.11 bits per heavy atom. The van der Waals surface area contributed by atoms with Crippen LogP contribution >= 0.6 is 0 Å². The van der Waals surface area contributed by atoms with Crippen LogP contribution in [-0.4, -0.2) is 16.1 Å². The number of phenolic OH excluding ortho intramolecular Hbond substituents is 2. The molecule has 0 atom stereocenters. The fourth-order valence-electron chi connectivity index (χ4n) is 1.52. The van der Waals surface area contributed by atoms with Crippen LogP contribution in [0.4, 0.5) is 11.4 Å². The SMILES string of the molecule is Nc1ccc(C(=O)Nc2cccc(O)c2)c(O)c1. The molecule has 0 spiro atoms. The molecule has 2 aromatic rings. The molecule has 0 heterocycles. The number of phenols is 2. The van der Waals surface area contributed by atoms with E-state index in [1.54, 1.807) is 12.1 Å². The third kappa shape index (κ3) is 2.52. The van der Waals surface area contributed by atoms with Gasteiger partial charge in [0.2, 0.25) is 0 Å². The average Bonchev–Trinajstić information content (AvgIpc) is 2.28. The lowest BCUT2D eigenvalue weighted by molar-refractivity contribution is 0.102.